The number of halogens is 1. The molecule has 26 heavy (non-hydrogen) atoms. The molecule has 1 aromatic heterocycles. The maximum Gasteiger partial charge on any atom is 0.273 e. The number of carbonyl (C=O) groups is 1. The van der Waals surface area contributed by atoms with E-state index in [0.29, 0.717) is 17.3 Å². The molecule has 3 aromatic rings. The molecule has 5 nitrogen and oxygen atoms in total. The van der Waals surface area contributed by atoms with Crippen LogP contribution in [0.4, 0.5) is 0 Å². The summed E-state index contributed by atoms with van der Waals surface area (Å²) in [4.78, 5) is 14.8. The highest BCUT2D eigenvalue weighted by atomic mass is 35.5. The third-order valence-corrected chi connectivity index (χ3v) is 4.91. The Morgan fingerprint density at radius 1 is 1.15 bits per heavy atom. The quantitative estimate of drug-likeness (QED) is 0.718. The van der Waals surface area contributed by atoms with Crippen LogP contribution in [0.25, 0.3) is 11.3 Å². The Balaban J connectivity index is 1.87. The van der Waals surface area contributed by atoms with Crippen molar-refractivity contribution in [3.8, 4) is 17.0 Å². The van der Waals surface area contributed by atoms with Crippen molar-refractivity contribution in [3.05, 3.63) is 70.4 Å². The number of phenolic OH excluding ortho intramolecular Hbond substituents is 1. The van der Waals surface area contributed by atoms with Crippen LogP contribution < -0.4 is 0 Å². The summed E-state index contributed by atoms with van der Waals surface area (Å²) in [7, 11) is 0. The molecule has 1 aliphatic rings. The number of hydrogen-bond donors (Lipinski definition) is 2. The fraction of sp³-hybridized carbons (Fsp3) is 0.200. The first kappa shape index (κ1) is 16.7. The molecule has 0 radical (unpaired) electrons. The van der Waals surface area contributed by atoms with Crippen molar-refractivity contribution < 1.29 is 9.90 Å². The Labute approximate surface area is 156 Å². The summed E-state index contributed by atoms with van der Waals surface area (Å²) in [5, 5.41) is 17.6. The predicted octanol–water partition coefficient (Wildman–Crippen LogP) is 4.39. The van der Waals surface area contributed by atoms with E-state index in [4.69, 9.17) is 11.6 Å². The van der Waals surface area contributed by atoms with E-state index >= 15 is 0 Å². The number of benzene rings is 2. The van der Waals surface area contributed by atoms with E-state index in [1.165, 1.54) is 0 Å². The molecule has 0 bridgehead atoms. The number of H-pyrrole nitrogens is 1. The number of phenols is 1. The monoisotopic (exact) mass is 367 g/mol. The van der Waals surface area contributed by atoms with E-state index in [2.05, 4.69) is 10.2 Å². The van der Waals surface area contributed by atoms with Gasteiger partial charge < -0.3 is 10.0 Å². The second-order valence-corrected chi connectivity index (χ2v) is 6.80. The average Bonchev–Trinajstić information content (AvgIpc) is 3.17. The number of carbonyl (C=O) groups excluding carboxylic acids is 1. The zero-order chi connectivity index (χ0) is 18.3. The van der Waals surface area contributed by atoms with Crippen LogP contribution in [0.15, 0.2) is 48.5 Å². The molecule has 2 aromatic carbocycles. The van der Waals surface area contributed by atoms with Crippen molar-refractivity contribution in [2.75, 3.05) is 6.54 Å². The lowest BCUT2D eigenvalue weighted by molar-refractivity contribution is 0.0744. The summed E-state index contributed by atoms with van der Waals surface area (Å²) in [6, 6.07) is 14.2. The fourth-order valence-corrected chi connectivity index (χ4v) is 3.63. The molecular weight excluding hydrogens is 350 g/mol. The minimum Gasteiger partial charge on any atom is -0.508 e. The smallest absolute Gasteiger partial charge is 0.273 e. The third-order valence-electron chi connectivity index (χ3n) is 4.65. The van der Waals surface area contributed by atoms with Crippen molar-refractivity contribution in [2.45, 2.75) is 19.4 Å². The van der Waals surface area contributed by atoms with Crippen LogP contribution in [0.3, 0.4) is 0 Å². The predicted molar refractivity (Wildman–Crippen MR) is 100 cm³/mol. The summed E-state index contributed by atoms with van der Waals surface area (Å²) in [5.41, 5.74) is 4.00. The van der Waals surface area contributed by atoms with E-state index in [0.717, 1.165) is 28.8 Å². The summed E-state index contributed by atoms with van der Waals surface area (Å²) in [6.45, 7) is 2.69. The number of rotatable bonds is 4. The second kappa shape index (κ2) is 6.50. The van der Waals surface area contributed by atoms with Crippen molar-refractivity contribution in [1.82, 2.24) is 15.1 Å². The number of fused-ring (bicyclic) bond motifs is 1. The molecular formula is C20H18ClN3O2. The van der Waals surface area contributed by atoms with Gasteiger partial charge in [-0.3, -0.25) is 9.89 Å². The summed E-state index contributed by atoms with van der Waals surface area (Å²) in [5.74, 6) is 0.151. The lowest BCUT2D eigenvalue weighted by atomic mass is 9.96. The lowest BCUT2D eigenvalue weighted by Gasteiger charge is -2.26. The molecule has 2 heterocycles. The number of aromatic amines is 1. The summed E-state index contributed by atoms with van der Waals surface area (Å²) >= 11 is 6.00. The topological polar surface area (TPSA) is 69.2 Å². The summed E-state index contributed by atoms with van der Waals surface area (Å²) in [6.07, 6.45) is 0.855. The van der Waals surface area contributed by atoms with Crippen LogP contribution in [0.1, 0.15) is 41.0 Å². The SMILES string of the molecule is CCCN1C(=O)c2[nH]nc(-c3ccc(Cl)cc3)c2C1c1ccc(O)cc1. The fourth-order valence-electron chi connectivity index (χ4n) is 3.50. The van der Waals surface area contributed by atoms with E-state index in [-0.39, 0.29) is 17.7 Å². The first-order valence-electron chi connectivity index (χ1n) is 8.54. The molecule has 0 saturated heterocycles. The maximum absolute atomic E-state index is 12.9. The first-order chi connectivity index (χ1) is 12.6. The first-order valence-corrected chi connectivity index (χ1v) is 8.92. The van der Waals surface area contributed by atoms with Crippen molar-refractivity contribution in [1.29, 1.82) is 0 Å². The van der Waals surface area contributed by atoms with Crippen LogP contribution in [0.2, 0.25) is 5.02 Å². The van der Waals surface area contributed by atoms with Crippen molar-refractivity contribution in [3.63, 3.8) is 0 Å². The highest BCUT2D eigenvalue weighted by molar-refractivity contribution is 6.30. The number of hydrogen-bond acceptors (Lipinski definition) is 3. The molecule has 0 fully saturated rings. The molecule has 0 aliphatic carbocycles. The average molecular weight is 368 g/mol. The van der Waals surface area contributed by atoms with Gasteiger partial charge in [0.15, 0.2) is 0 Å². The van der Waals surface area contributed by atoms with Crippen LogP contribution in [0, 0.1) is 0 Å². The minimum absolute atomic E-state index is 0.0485. The number of nitrogens with one attached hydrogen (secondary N) is 1. The van der Waals surface area contributed by atoms with Gasteiger partial charge in [-0.1, -0.05) is 42.8 Å². The number of amides is 1. The standard InChI is InChI=1S/C20H18ClN3O2/c1-2-11-24-19(13-5-9-15(25)10-6-13)16-17(22-23-18(16)20(24)26)12-3-7-14(21)8-4-12/h3-10,19,25H,2,11H2,1H3,(H,22,23). The molecule has 6 heteroatoms. The van der Waals surface area contributed by atoms with Crippen molar-refractivity contribution >= 4 is 17.5 Å². The Morgan fingerprint density at radius 2 is 1.85 bits per heavy atom. The minimum atomic E-state index is -0.234. The van der Waals surface area contributed by atoms with Crippen molar-refractivity contribution in [2.24, 2.45) is 0 Å². The van der Waals surface area contributed by atoms with Gasteiger partial charge in [0.05, 0.1) is 11.7 Å². The molecule has 1 unspecified atom stereocenters. The normalized spacial score (nSPS) is 16.2. The molecule has 4 rings (SSSR count). The van der Waals surface area contributed by atoms with Gasteiger partial charge in [0.2, 0.25) is 0 Å². The van der Waals surface area contributed by atoms with Gasteiger partial charge in [-0.05, 0) is 36.2 Å². The molecule has 1 atom stereocenters. The van der Waals surface area contributed by atoms with Gasteiger partial charge in [0.25, 0.3) is 5.91 Å². The third kappa shape index (κ3) is 2.65. The molecule has 2 N–H and O–H groups in total. The van der Waals surface area contributed by atoms with E-state index in [1.807, 2.05) is 48.2 Å². The van der Waals surface area contributed by atoms with Crippen LogP contribution in [0.5, 0.6) is 5.75 Å². The van der Waals surface area contributed by atoms with Gasteiger partial charge >= 0.3 is 0 Å². The van der Waals surface area contributed by atoms with Crippen LogP contribution in [-0.2, 0) is 0 Å². The Kier molecular flexibility index (Phi) is 4.17. The molecule has 1 amide bonds. The molecule has 0 saturated carbocycles. The Bertz CT molecular complexity index is 948. The number of aromatic nitrogens is 2. The lowest BCUT2D eigenvalue weighted by Crippen LogP contribution is -2.30. The van der Waals surface area contributed by atoms with E-state index in [9.17, 15) is 9.90 Å². The van der Waals surface area contributed by atoms with Gasteiger partial charge in [-0.2, -0.15) is 5.10 Å². The van der Waals surface area contributed by atoms with Crippen LogP contribution >= 0.6 is 11.6 Å². The maximum atomic E-state index is 12.9. The van der Waals surface area contributed by atoms with E-state index in [1.54, 1.807) is 12.1 Å². The van der Waals surface area contributed by atoms with Gasteiger partial charge in [0, 0.05) is 22.7 Å². The molecule has 0 spiro atoms. The van der Waals surface area contributed by atoms with Crippen LogP contribution in [-0.4, -0.2) is 32.7 Å². The Hall–Kier alpha value is -2.79. The number of nitrogens with zero attached hydrogens (tertiary/aromatic N) is 2. The largest absolute Gasteiger partial charge is 0.508 e. The second-order valence-electron chi connectivity index (χ2n) is 6.36. The zero-order valence-corrected chi connectivity index (χ0v) is 15.0. The van der Waals surface area contributed by atoms with E-state index < -0.39 is 0 Å². The summed E-state index contributed by atoms with van der Waals surface area (Å²) < 4.78 is 0. The van der Waals surface area contributed by atoms with Gasteiger partial charge in [-0.25, -0.2) is 0 Å². The Morgan fingerprint density at radius 3 is 2.50 bits per heavy atom. The molecule has 1 aliphatic heterocycles. The zero-order valence-electron chi connectivity index (χ0n) is 14.2. The highest BCUT2D eigenvalue weighted by Gasteiger charge is 2.41. The number of aromatic hydroxyl groups is 1. The molecule has 132 valence electrons. The van der Waals surface area contributed by atoms with Gasteiger partial charge in [0.1, 0.15) is 11.4 Å². The van der Waals surface area contributed by atoms with Gasteiger partial charge in [-0.15, -0.1) is 0 Å². The highest BCUT2D eigenvalue weighted by Crippen LogP contribution is 2.43.